The second kappa shape index (κ2) is 4.00. The molecule has 0 spiro atoms. The Bertz CT molecular complexity index is 129. The lowest BCUT2D eigenvalue weighted by atomic mass is 9.81. The highest BCUT2D eigenvalue weighted by molar-refractivity contribution is 4.99. The first-order valence-electron chi connectivity index (χ1n) is 4.38. The molecule has 0 radical (unpaired) electrons. The molecule has 0 amide bonds. The summed E-state index contributed by atoms with van der Waals surface area (Å²) in [6, 6.07) is 0. The number of hydrogen-bond acceptors (Lipinski definition) is 1. The van der Waals surface area contributed by atoms with Crippen LogP contribution in [0.1, 0.15) is 56.4 Å². The summed E-state index contributed by atoms with van der Waals surface area (Å²) < 4.78 is 5.65. The maximum absolute atomic E-state index is 5.65. The molecule has 0 aliphatic carbocycles. The van der Waals surface area contributed by atoms with Crippen LogP contribution >= 0.6 is 0 Å². The van der Waals surface area contributed by atoms with Crippen LogP contribution < -0.4 is 0 Å². The van der Waals surface area contributed by atoms with Crippen LogP contribution in [-0.2, 0) is 4.74 Å². The normalized spacial score (nSPS) is 27.2. The van der Waals surface area contributed by atoms with E-state index in [4.69, 9.17) is 4.74 Å². The smallest absolute Gasteiger partial charge is 0.0895 e. The van der Waals surface area contributed by atoms with Gasteiger partial charge in [-0.15, -0.1) is 0 Å². The van der Waals surface area contributed by atoms with Crippen LogP contribution in [-0.4, -0.2) is 12.2 Å². The molecule has 1 aliphatic rings. The molecule has 0 saturated carbocycles. The van der Waals surface area contributed by atoms with E-state index >= 15 is 0 Å². The molecule has 1 nitrogen and oxygen atoms in total. The molecule has 1 fully saturated rings. The standard InChI is InChI=1S/C10H20O.2CH4/c1-9(2,3)7-8(11-7)10(4,5)6;;/h7-8H,1-6H3;2*1H4. The summed E-state index contributed by atoms with van der Waals surface area (Å²) >= 11 is 0. The molecule has 1 heterocycles. The average Bonchev–Trinajstić information content (AvgIpc) is 2.30. The zero-order valence-corrected chi connectivity index (χ0v) is 8.56. The Morgan fingerprint density at radius 3 is 1.00 bits per heavy atom. The van der Waals surface area contributed by atoms with E-state index in [9.17, 15) is 0 Å². The van der Waals surface area contributed by atoms with Crippen molar-refractivity contribution in [2.45, 2.75) is 68.6 Å². The van der Waals surface area contributed by atoms with Crippen molar-refractivity contribution in [2.75, 3.05) is 0 Å². The highest BCUT2D eigenvalue weighted by Gasteiger charge is 2.52. The predicted molar refractivity (Wildman–Crippen MR) is 61.0 cm³/mol. The second-order valence-corrected chi connectivity index (χ2v) is 5.71. The van der Waals surface area contributed by atoms with Crippen LogP contribution in [0.3, 0.4) is 0 Å². The molecular formula is C12H28O. The fraction of sp³-hybridized carbons (Fsp3) is 1.00. The molecule has 0 aromatic rings. The summed E-state index contributed by atoms with van der Waals surface area (Å²) in [5.74, 6) is 0. The number of rotatable bonds is 0. The van der Waals surface area contributed by atoms with Gasteiger partial charge in [0, 0.05) is 0 Å². The van der Waals surface area contributed by atoms with E-state index in [1.807, 2.05) is 0 Å². The quantitative estimate of drug-likeness (QED) is 0.521. The average molecular weight is 188 g/mol. The summed E-state index contributed by atoms with van der Waals surface area (Å²) in [7, 11) is 0. The van der Waals surface area contributed by atoms with Crippen LogP contribution in [0.5, 0.6) is 0 Å². The third kappa shape index (κ3) is 3.68. The third-order valence-electron chi connectivity index (χ3n) is 2.20. The summed E-state index contributed by atoms with van der Waals surface area (Å²) in [5.41, 5.74) is 0.635. The van der Waals surface area contributed by atoms with E-state index in [0.717, 1.165) is 0 Å². The second-order valence-electron chi connectivity index (χ2n) is 5.71. The van der Waals surface area contributed by atoms with Crippen molar-refractivity contribution in [3.05, 3.63) is 0 Å². The van der Waals surface area contributed by atoms with Crippen molar-refractivity contribution < 1.29 is 4.74 Å². The molecule has 0 N–H and O–H groups in total. The summed E-state index contributed by atoms with van der Waals surface area (Å²) in [6.07, 6.45) is 0.949. The van der Waals surface area contributed by atoms with E-state index in [2.05, 4.69) is 41.5 Å². The van der Waals surface area contributed by atoms with Crippen LogP contribution in [0.4, 0.5) is 0 Å². The summed E-state index contributed by atoms with van der Waals surface area (Å²) in [6.45, 7) is 13.4. The van der Waals surface area contributed by atoms with Crippen molar-refractivity contribution >= 4 is 0 Å². The van der Waals surface area contributed by atoms with Gasteiger partial charge in [-0.2, -0.15) is 0 Å². The fourth-order valence-corrected chi connectivity index (χ4v) is 1.43. The first kappa shape index (κ1) is 15.4. The Morgan fingerprint density at radius 2 is 0.923 bits per heavy atom. The first-order chi connectivity index (χ1) is 4.73. The molecule has 1 heteroatoms. The molecule has 0 aromatic heterocycles. The number of epoxide rings is 1. The van der Waals surface area contributed by atoms with E-state index < -0.39 is 0 Å². The van der Waals surface area contributed by atoms with E-state index in [0.29, 0.717) is 23.0 Å². The first-order valence-corrected chi connectivity index (χ1v) is 4.38. The third-order valence-corrected chi connectivity index (χ3v) is 2.20. The lowest BCUT2D eigenvalue weighted by molar-refractivity contribution is 0.236. The van der Waals surface area contributed by atoms with E-state index in [-0.39, 0.29) is 14.9 Å². The van der Waals surface area contributed by atoms with Crippen molar-refractivity contribution in [1.29, 1.82) is 0 Å². The Balaban J connectivity index is 0. The minimum atomic E-state index is 0. The molecular weight excluding hydrogens is 160 g/mol. The van der Waals surface area contributed by atoms with Gasteiger partial charge in [0.25, 0.3) is 0 Å². The minimum absolute atomic E-state index is 0. The zero-order chi connectivity index (χ0) is 8.86. The zero-order valence-electron chi connectivity index (χ0n) is 8.56. The lowest BCUT2D eigenvalue weighted by Gasteiger charge is -2.19. The van der Waals surface area contributed by atoms with Gasteiger partial charge in [-0.3, -0.25) is 0 Å². The maximum atomic E-state index is 5.65. The Kier molecular flexibility index (Phi) is 4.74. The molecule has 0 aromatic carbocycles. The molecule has 1 saturated heterocycles. The Hall–Kier alpha value is -0.0400. The van der Waals surface area contributed by atoms with Gasteiger partial charge in [0.15, 0.2) is 0 Å². The highest BCUT2D eigenvalue weighted by atomic mass is 16.6. The minimum Gasteiger partial charge on any atom is -0.368 e. The monoisotopic (exact) mass is 188 g/mol. The van der Waals surface area contributed by atoms with Gasteiger partial charge in [0.05, 0.1) is 12.2 Å². The topological polar surface area (TPSA) is 12.5 Å². The Labute approximate surface area is 84.9 Å². The fourth-order valence-electron chi connectivity index (χ4n) is 1.43. The Morgan fingerprint density at radius 1 is 0.692 bits per heavy atom. The molecule has 82 valence electrons. The van der Waals surface area contributed by atoms with Gasteiger partial charge in [-0.1, -0.05) is 56.4 Å². The molecule has 2 atom stereocenters. The van der Waals surface area contributed by atoms with Gasteiger partial charge >= 0.3 is 0 Å². The SMILES string of the molecule is C.C.CC(C)(C)C1OC1C(C)(C)C. The van der Waals surface area contributed by atoms with Crippen LogP contribution in [0.15, 0.2) is 0 Å². The van der Waals surface area contributed by atoms with Gasteiger partial charge in [0.2, 0.25) is 0 Å². The van der Waals surface area contributed by atoms with Crippen molar-refractivity contribution in [1.82, 2.24) is 0 Å². The summed E-state index contributed by atoms with van der Waals surface area (Å²) in [5, 5.41) is 0. The van der Waals surface area contributed by atoms with Gasteiger partial charge in [-0.05, 0) is 10.8 Å². The van der Waals surface area contributed by atoms with Crippen molar-refractivity contribution in [3.8, 4) is 0 Å². The molecule has 0 bridgehead atoms. The molecule has 1 rings (SSSR count). The lowest BCUT2D eigenvalue weighted by Crippen LogP contribution is -2.23. The predicted octanol–water partition coefficient (Wildman–Crippen LogP) is 4.12. The van der Waals surface area contributed by atoms with Crippen molar-refractivity contribution in [2.24, 2.45) is 10.8 Å². The van der Waals surface area contributed by atoms with Crippen LogP contribution in [0, 0.1) is 10.8 Å². The highest BCUT2D eigenvalue weighted by Crippen LogP contribution is 2.46. The molecule has 1 aliphatic heterocycles. The van der Waals surface area contributed by atoms with Gasteiger partial charge in [-0.25, -0.2) is 0 Å². The van der Waals surface area contributed by atoms with Crippen LogP contribution in [0.2, 0.25) is 0 Å². The molecule has 13 heavy (non-hydrogen) atoms. The maximum Gasteiger partial charge on any atom is 0.0895 e. The number of ether oxygens (including phenoxy) is 1. The largest absolute Gasteiger partial charge is 0.368 e. The molecule has 2 unspecified atom stereocenters. The van der Waals surface area contributed by atoms with E-state index in [1.54, 1.807) is 0 Å². The van der Waals surface area contributed by atoms with Gasteiger partial charge in [0.1, 0.15) is 0 Å². The summed E-state index contributed by atoms with van der Waals surface area (Å²) in [4.78, 5) is 0. The van der Waals surface area contributed by atoms with Crippen LogP contribution in [0.25, 0.3) is 0 Å². The van der Waals surface area contributed by atoms with Gasteiger partial charge < -0.3 is 4.74 Å². The number of hydrogen-bond donors (Lipinski definition) is 0. The van der Waals surface area contributed by atoms with E-state index in [1.165, 1.54) is 0 Å². The van der Waals surface area contributed by atoms with Crippen molar-refractivity contribution in [3.63, 3.8) is 0 Å².